The third-order valence-corrected chi connectivity index (χ3v) is 4.01. The number of halogens is 1. The molecule has 0 fully saturated rings. The summed E-state index contributed by atoms with van der Waals surface area (Å²) in [6, 6.07) is 11.3. The molecule has 0 spiro atoms. The van der Waals surface area contributed by atoms with Crippen molar-refractivity contribution in [1.82, 2.24) is 5.32 Å². The van der Waals surface area contributed by atoms with Crippen LogP contribution in [0.4, 0.5) is 11.4 Å². The Morgan fingerprint density at radius 1 is 1.15 bits per heavy atom. The Kier molecular flexibility index (Phi) is 7.55. The van der Waals surface area contributed by atoms with Crippen molar-refractivity contribution >= 4 is 29.7 Å². The second-order valence-electron chi connectivity index (χ2n) is 6.17. The van der Waals surface area contributed by atoms with Crippen LogP contribution in [0.1, 0.15) is 47.3 Å². The second kappa shape index (κ2) is 9.17. The van der Waals surface area contributed by atoms with Crippen molar-refractivity contribution in [1.29, 1.82) is 0 Å². The lowest BCUT2D eigenvalue weighted by Crippen LogP contribution is -2.32. The first-order valence-electron chi connectivity index (χ1n) is 7.97. The zero-order valence-corrected chi connectivity index (χ0v) is 15.5. The quantitative estimate of drug-likeness (QED) is 0.404. The van der Waals surface area contributed by atoms with Crippen molar-refractivity contribution in [2.24, 2.45) is 5.73 Å². The number of rotatable bonds is 6. The molecule has 0 saturated heterocycles. The van der Waals surface area contributed by atoms with E-state index in [1.54, 1.807) is 0 Å². The smallest absolute Gasteiger partial charge is 0.270 e. The highest BCUT2D eigenvalue weighted by Gasteiger charge is 2.16. The molecule has 5 N–H and O–H groups in total. The van der Waals surface area contributed by atoms with Gasteiger partial charge in [0.05, 0.1) is 10.5 Å². The van der Waals surface area contributed by atoms with Gasteiger partial charge in [-0.25, -0.2) is 0 Å². The fourth-order valence-corrected chi connectivity index (χ4v) is 2.40. The van der Waals surface area contributed by atoms with E-state index >= 15 is 0 Å². The Morgan fingerprint density at radius 2 is 1.73 bits per heavy atom. The molecule has 26 heavy (non-hydrogen) atoms. The van der Waals surface area contributed by atoms with E-state index in [1.807, 2.05) is 24.3 Å². The number of nitrogens with zero attached hydrogens (tertiary/aromatic N) is 1. The van der Waals surface area contributed by atoms with Gasteiger partial charge in [-0.15, -0.1) is 12.4 Å². The van der Waals surface area contributed by atoms with Crippen molar-refractivity contribution in [2.75, 3.05) is 12.3 Å². The van der Waals surface area contributed by atoms with Crippen molar-refractivity contribution in [2.45, 2.75) is 25.8 Å². The molecule has 2 aromatic rings. The average Bonchev–Trinajstić information content (AvgIpc) is 2.59. The highest BCUT2D eigenvalue weighted by Crippen LogP contribution is 2.20. The molecule has 0 aromatic heterocycles. The highest BCUT2D eigenvalue weighted by molar-refractivity contribution is 5.99. The normalized spacial score (nSPS) is 11.5. The lowest BCUT2D eigenvalue weighted by atomic mass is 9.99. The molecule has 0 bridgehead atoms. The summed E-state index contributed by atoms with van der Waals surface area (Å²) in [4.78, 5) is 22.5. The van der Waals surface area contributed by atoms with Crippen LogP contribution < -0.4 is 16.8 Å². The molecule has 0 saturated carbocycles. The van der Waals surface area contributed by atoms with E-state index in [4.69, 9.17) is 11.5 Å². The molecule has 8 heteroatoms. The molecule has 2 aromatic carbocycles. The van der Waals surface area contributed by atoms with Gasteiger partial charge in [0.2, 0.25) is 0 Å². The molecule has 0 radical (unpaired) electrons. The summed E-state index contributed by atoms with van der Waals surface area (Å²) in [6.07, 6.45) is 0. The molecule has 2 rings (SSSR count). The van der Waals surface area contributed by atoms with Crippen LogP contribution in [0.2, 0.25) is 0 Å². The maximum atomic E-state index is 12.3. The zero-order valence-electron chi connectivity index (χ0n) is 14.6. The largest absolute Gasteiger partial charge is 0.398 e. The van der Waals surface area contributed by atoms with E-state index in [2.05, 4.69) is 19.2 Å². The molecular weight excluding hydrogens is 356 g/mol. The summed E-state index contributed by atoms with van der Waals surface area (Å²) < 4.78 is 0. The highest BCUT2D eigenvalue weighted by atomic mass is 35.5. The van der Waals surface area contributed by atoms with Crippen LogP contribution in [0.3, 0.4) is 0 Å². The van der Waals surface area contributed by atoms with Crippen molar-refractivity contribution in [3.63, 3.8) is 0 Å². The van der Waals surface area contributed by atoms with Gasteiger partial charge < -0.3 is 16.8 Å². The third kappa shape index (κ3) is 5.18. The number of nitrogen functional groups attached to an aromatic ring is 1. The number of benzene rings is 2. The molecule has 140 valence electrons. The molecular formula is C18H23ClN4O3. The van der Waals surface area contributed by atoms with Crippen LogP contribution in [-0.4, -0.2) is 17.4 Å². The Labute approximate surface area is 158 Å². The molecule has 1 unspecified atom stereocenters. The first kappa shape index (κ1) is 21.4. The summed E-state index contributed by atoms with van der Waals surface area (Å²) in [5.74, 6) is -0.0581. The Morgan fingerprint density at radius 3 is 2.27 bits per heavy atom. The summed E-state index contributed by atoms with van der Waals surface area (Å²) in [5.41, 5.74) is 14.0. The topological polar surface area (TPSA) is 124 Å². The van der Waals surface area contributed by atoms with E-state index in [9.17, 15) is 14.9 Å². The third-order valence-electron chi connectivity index (χ3n) is 4.01. The minimum Gasteiger partial charge on any atom is -0.398 e. The van der Waals surface area contributed by atoms with Crippen molar-refractivity contribution < 1.29 is 9.72 Å². The van der Waals surface area contributed by atoms with Crippen LogP contribution in [0.25, 0.3) is 0 Å². The number of amides is 1. The monoisotopic (exact) mass is 378 g/mol. The predicted octanol–water partition coefficient (Wildman–Crippen LogP) is 3.15. The molecule has 0 aliphatic heterocycles. The number of nitro benzene ring substituents is 1. The summed E-state index contributed by atoms with van der Waals surface area (Å²) in [6.45, 7) is 4.42. The van der Waals surface area contributed by atoms with E-state index in [-0.39, 0.29) is 41.9 Å². The number of nitro groups is 1. The number of hydrogen-bond donors (Lipinski definition) is 3. The molecule has 0 aliphatic carbocycles. The minimum absolute atomic E-state index is 0. The first-order chi connectivity index (χ1) is 11.8. The predicted molar refractivity (Wildman–Crippen MR) is 105 cm³/mol. The number of non-ortho nitro benzene ring substituents is 1. The second-order valence-corrected chi connectivity index (χ2v) is 6.17. The van der Waals surface area contributed by atoms with Gasteiger partial charge in [-0.05, 0) is 23.1 Å². The zero-order chi connectivity index (χ0) is 18.6. The fourth-order valence-electron chi connectivity index (χ4n) is 2.40. The number of carbonyl (C=O) groups is 1. The fraction of sp³-hybridized carbons (Fsp3) is 0.278. The van der Waals surface area contributed by atoms with Gasteiger partial charge in [0, 0.05) is 30.4 Å². The van der Waals surface area contributed by atoms with Gasteiger partial charge in [0.15, 0.2) is 0 Å². The van der Waals surface area contributed by atoms with Gasteiger partial charge >= 0.3 is 0 Å². The first-order valence-corrected chi connectivity index (χ1v) is 7.97. The average molecular weight is 379 g/mol. The summed E-state index contributed by atoms with van der Waals surface area (Å²) in [5, 5.41) is 13.5. The Hall–Kier alpha value is -2.64. The molecule has 1 atom stereocenters. The molecule has 0 aliphatic rings. The van der Waals surface area contributed by atoms with Crippen LogP contribution >= 0.6 is 12.4 Å². The van der Waals surface area contributed by atoms with Crippen LogP contribution in [-0.2, 0) is 0 Å². The van der Waals surface area contributed by atoms with Gasteiger partial charge in [-0.2, -0.15) is 0 Å². The van der Waals surface area contributed by atoms with Crippen molar-refractivity contribution in [3.05, 3.63) is 69.3 Å². The molecule has 7 nitrogen and oxygen atoms in total. The van der Waals surface area contributed by atoms with Crippen LogP contribution in [0.15, 0.2) is 42.5 Å². The van der Waals surface area contributed by atoms with Crippen LogP contribution in [0.5, 0.6) is 0 Å². The lowest BCUT2D eigenvalue weighted by Gasteiger charge is -2.15. The molecule has 0 heterocycles. The summed E-state index contributed by atoms with van der Waals surface area (Å²) >= 11 is 0. The maximum Gasteiger partial charge on any atom is 0.270 e. The van der Waals surface area contributed by atoms with E-state index in [0.29, 0.717) is 5.92 Å². The number of nitrogens with one attached hydrogen (secondary N) is 1. The lowest BCUT2D eigenvalue weighted by molar-refractivity contribution is -0.384. The standard InChI is InChI=1S/C18H22N4O3.ClH/c1-11(2)12-3-5-13(6-4-12)17(20)10-21-18(23)15-9-14(22(24)25)7-8-16(15)19;/h3-9,11,17H,10,19-20H2,1-2H3,(H,21,23);1H. The Balaban J connectivity index is 0.00000338. The Bertz CT molecular complexity index is 779. The van der Waals surface area contributed by atoms with Gasteiger partial charge in [-0.1, -0.05) is 38.1 Å². The number of carbonyl (C=O) groups excluding carboxylic acids is 1. The number of nitrogens with two attached hydrogens (primary N) is 2. The van der Waals surface area contributed by atoms with Crippen molar-refractivity contribution in [3.8, 4) is 0 Å². The van der Waals surface area contributed by atoms with E-state index < -0.39 is 10.8 Å². The molecule has 1 amide bonds. The van der Waals surface area contributed by atoms with E-state index in [1.165, 1.54) is 17.7 Å². The minimum atomic E-state index is -0.571. The van der Waals surface area contributed by atoms with Gasteiger partial charge in [0.1, 0.15) is 0 Å². The van der Waals surface area contributed by atoms with Gasteiger partial charge in [0.25, 0.3) is 11.6 Å². The van der Waals surface area contributed by atoms with Gasteiger partial charge in [-0.3, -0.25) is 14.9 Å². The summed E-state index contributed by atoms with van der Waals surface area (Å²) in [7, 11) is 0. The van der Waals surface area contributed by atoms with Crippen LogP contribution in [0, 0.1) is 10.1 Å². The van der Waals surface area contributed by atoms with E-state index in [0.717, 1.165) is 11.6 Å². The number of hydrogen-bond acceptors (Lipinski definition) is 5. The maximum absolute atomic E-state index is 12.3. The SMILES string of the molecule is CC(C)c1ccc(C(N)CNC(=O)c2cc([N+](=O)[O-])ccc2N)cc1.Cl. The number of anilines is 1.